The third-order valence-corrected chi connectivity index (χ3v) is 3.52. The first-order valence-electron chi connectivity index (χ1n) is 6.41. The Labute approximate surface area is 114 Å². The van der Waals surface area contributed by atoms with Gasteiger partial charge in [0.25, 0.3) is 5.91 Å². The van der Waals surface area contributed by atoms with Crippen LogP contribution in [0.5, 0.6) is 0 Å². The van der Waals surface area contributed by atoms with Crippen molar-refractivity contribution in [1.82, 2.24) is 0 Å². The van der Waals surface area contributed by atoms with E-state index in [1.54, 1.807) is 4.90 Å². The predicted octanol–water partition coefficient (Wildman–Crippen LogP) is 3.89. The van der Waals surface area contributed by atoms with Gasteiger partial charge in [0, 0.05) is 18.3 Å². The third kappa shape index (κ3) is 2.68. The zero-order valence-electron chi connectivity index (χ0n) is 11.9. The fourth-order valence-corrected chi connectivity index (χ4v) is 2.14. The minimum Gasteiger partial charge on any atom is -0.311 e. The van der Waals surface area contributed by atoms with E-state index in [9.17, 15) is 4.79 Å². The fourth-order valence-electron chi connectivity index (χ4n) is 2.14. The first-order chi connectivity index (χ1) is 9.00. The first-order valence-corrected chi connectivity index (χ1v) is 6.41. The lowest BCUT2D eigenvalue weighted by Crippen LogP contribution is -2.27. The topological polar surface area (TPSA) is 20.3 Å². The van der Waals surface area contributed by atoms with Gasteiger partial charge in [-0.1, -0.05) is 24.3 Å². The highest BCUT2D eigenvalue weighted by atomic mass is 16.2. The zero-order valence-corrected chi connectivity index (χ0v) is 11.9. The van der Waals surface area contributed by atoms with Gasteiger partial charge in [0.1, 0.15) is 0 Å². The molecule has 0 spiro atoms. The average molecular weight is 253 g/mol. The number of anilines is 1. The molecular weight excluding hydrogens is 234 g/mol. The molecule has 2 rings (SSSR count). The molecule has 0 saturated carbocycles. The summed E-state index contributed by atoms with van der Waals surface area (Å²) in [5.74, 6) is 0.0341. The van der Waals surface area contributed by atoms with Gasteiger partial charge in [-0.2, -0.15) is 0 Å². The van der Waals surface area contributed by atoms with Gasteiger partial charge in [0.2, 0.25) is 0 Å². The summed E-state index contributed by atoms with van der Waals surface area (Å²) in [5.41, 5.74) is 5.07. The first kappa shape index (κ1) is 13.3. The molecule has 0 heterocycles. The quantitative estimate of drug-likeness (QED) is 0.795. The lowest BCUT2D eigenvalue weighted by Gasteiger charge is -2.19. The van der Waals surface area contributed by atoms with Crippen LogP contribution in [-0.2, 0) is 0 Å². The summed E-state index contributed by atoms with van der Waals surface area (Å²) in [6.45, 7) is 6.09. The van der Waals surface area contributed by atoms with Crippen molar-refractivity contribution in [2.45, 2.75) is 20.8 Å². The second-order valence-electron chi connectivity index (χ2n) is 4.95. The molecule has 0 bridgehead atoms. The third-order valence-electron chi connectivity index (χ3n) is 3.52. The van der Waals surface area contributed by atoms with Crippen molar-refractivity contribution in [3.63, 3.8) is 0 Å². The largest absolute Gasteiger partial charge is 0.311 e. The lowest BCUT2D eigenvalue weighted by atomic mass is 10.00. The van der Waals surface area contributed by atoms with Crippen LogP contribution < -0.4 is 4.90 Å². The normalized spacial score (nSPS) is 10.3. The van der Waals surface area contributed by atoms with Crippen LogP contribution in [0.4, 0.5) is 5.69 Å². The van der Waals surface area contributed by atoms with Gasteiger partial charge in [-0.15, -0.1) is 0 Å². The van der Waals surface area contributed by atoms with E-state index in [1.165, 1.54) is 5.56 Å². The Bertz CT molecular complexity index is 602. The highest BCUT2D eigenvalue weighted by Gasteiger charge is 2.16. The lowest BCUT2D eigenvalue weighted by molar-refractivity contribution is 0.0992. The van der Waals surface area contributed by atoms with E-state index >= 15 is 0 Å². The van der Waals surface area contributed by atoms with Gasteiger partial charge in [0.05, 0.1) is 0 Å². The summed E-state index contributed by atoms with van der Waals surface area (Å²) in [6.07, 6.45) is 0. The van der Waals surface area contributed by atoms with Crippen molar-refractivity contribution in [3.05, 3.63) is 64.7 Å². The molecule has 0 aliphatic rings. The summed E-state index contributed by atoms with van der Waals surface area (Å²) in [6, 6.07) is 13.7. The Morgan fingerprint density at radius 3 is 2.11 bits per heavy atom. The molecule has 0 saturated heterocycles. The zero-order chi connectivity index (χ0) is 14.0. The van der Waals surface area contributed by atoms with Gasteiger partial charge in [-0.3, -0.25) is 4.79 Å². The molecule has 2 heteroatoms. The van der Waals surface area contributed by atoms with Crippen LogP contribution in [0, 0.1) is 20.8 Å². The molecule has 0 aromatic heterocycles. The standard InChI is InChI=1S/C17H19NO/c1-12-10-14(3)16(11-13(12)2)17(19)18(4)15-8-6-5-7-9-15/h5-11H,1-4H3. The maximum atomic E-state index is 12.6. The van der Waals surface area contributed by atoms with Crippen molar-refractivity contribution < 1.29 is 4.79 Å². The molecule has 19 heavy (non-hydrogen) atoms. The smallest absolute Gasteiger partial charge is 0.258 e. The molecule has 2 aromatic carbocycles. The monoisotopic (exact) mass is 253 g/mol. The number of carbonyl (C=O) groups is 1. The van der Waals surface area contributed by atoms with Gasteiger partial charge < -0.3 is 4.90 Å². The minimum absolute atomic E-state index is 0.0341. The predicted molar refractivity (Wildman–Crippen MR) is 79.8 cm³/mol. The van der Waals surface area contributed by atoms with Gasteiger partial charge in [-0.05, 0) is 55.7 Å². The number of nitrogens with zero attached hydrogens (tertiary/aromatic N) is 1. The van der Waals surface area contributed by atoms with Gasteiger partial charge >= 0.3 is 0 Å². The van der Waals surface area contributed by atoms with Crippen LogP contribution >= 0.6 is 0 Å². The van der Waals surface area contributed by atoms with Crippen molar-refractivity contribution >= 4 is 11.6 Å². The van der Waals surface area contributed by atoms with Gasteiger partial charge in [-0.25, -0.2) is 0 Å². The molecule has 98 valence electrons. The Hall–Kier alpha value is -2.09. The number of para-hydroxylation sites is 1. The number of amides is 1. The van der Waals surface area contributed by atoms with Gasteiger partial charge in [0.15, 0.2) is 0 Å². The second-order valence-corrected chi connectivity index (χ2v) is 4.95. The van der Waals surface area contributed by atoms with E-state index in [-0.39, 0.29) is 5.91 Å². The summed E-state index contributed by atoms with van der Waals surface area (Å²) in [7, 11) is 1.81. The molecule has 1 amide bonds. The Balaban J connectivity index is 2.37. The van der Waals surface area contributed by atoms with Crippen LogP contribution in [0.25, 0.3) is 0 Å². The summed E-state index contributed by atoms with van der Waals surface area (Å²) in [4.78, 5) is 14.2. The number of hydrogen-bond donors (Lipinski definition) is 0. The van der Waals surface area contributed by atoms with Crippen molar-refractivity contribution in [2.75, 3.05) is 11.9 Å². The average Bonchev–Trinajstić information content (AvgIpc) is 2.42. The van der Waals surface area contributed by atoms with Crippen LogP contribution in [0.1, 0.15) is 27.0 Å². The molecule has 0 aliphatic heterocycles. The number of hydrogen-bond acceptors (Lipinski definition) is 1. The minimum atomic E-state index is 0.0341. The van der Waals surface area contributed by atoms with E-state index in [0.29, 0.717) is 0 Å². The Morgan fingerprint density at radius 1 is 0.895 bits per heavy atom. The van der Waals surface area contributed by atoms with E-state index in [0.717, 1.165) is 22.4 Å². The van der Waals surface area contributed by atoms with Crippen molar-refractivity contribution in [2.24, 2.45) is 0 Å². The second kappa shape index (κ2) is 5.27. The van der Waals surface area contributed by atoms with Crippen LogP contribution in [0.2, 0.25) is 0 Å². The summed E-state index contributed by atoms with van der Waals surface area (Å²) < 4.78 is 0. The van der Waals surface area contributed by atoms with E-state index in [2.05, 4.69) is 13.0 Å². The fraction of sp³-hybridized carbons (Fsp3) is 0.235. The van der Waals surface area contributed by atoms with Crippen LogP contribution in [0.15, 0.2) is 42.5 Å². The number of rotatable bonds is 2. The number of benzene rings is 2. The molecule has 0 N–H and O–H groups in total. The van der Waals surface area contributed by atoms with E-state index in [4.69, 9.17) is 0 Å². The molecule has 0 aliphatic carbocycles. The Kier molecular flexibility index (Phi) is 3.70. The van der Waals surface area contributed by atoms with Crippen LogP contribution in [0.3, 0.4) is 0 Å². The van der Waals surface area contributed by atoms with Crippen molar-refractivity contribution in [1.29, 1.82) is 0 Å². The summed E-state index contributed by atoms with van der Waals surface area (Å²) in [5, 5.41) is 0. The molecular formula is C17H19NO. The SMILES string of the molecule is Cc1cc(C)c(C(=O)N(C)c2ccccc2)cc1C. The highest BCUT2D eigenvalue weighted by molar-refractivity contribution is 6.06. The number of aryl methyl sites for hydroxylation is 3. The maximum Gasteiger partial charge on any atom is 0.258 e. The van der Waals surface area contributed by atoms with E-state index < -0.39 is 0 Å². The highest BCUT2D eigenvalue weighted by Crippen LogP contribution is 2.20. The molecule has 0 radical (unpaired) electrons. The maximum absolute atomic E-state index is 12.6. The summed E-state index contributed by atoms with van der Waals surface area (Å²) >= 11 is 0. The Morgan fingerprint density at radius 2 is 1.47 bits per heavy atom. The number of carbonyl (C=O) groups excluding carboxylic acids is 1. The van der Waals surface area contributed by atoms with Crippen molar-refractivity contribution in [3.8, 4) is 0 Å². The molecule has 2 nitrogen and oxygen atoms in total. The molecule has 0 fully saturated rings. The molecule has 2 aromatic rings. The van der Waals surface area contributed by atoms with E-state index in [1.807, 2.05) is 57.3 Å². The molecule has 0 atom stereocenters. The molecule has 0 unspecified atom stereocenters. The van der Waals surface area contributed by atoms with Crippen LogP contribution in [-0.4, -0.2) is 13.0 Å².